The Labute approximate surface area is 116 Å². The van der Waals surface area contributed by atoms with Crippen LogP contribution in [-0.4, -0.2) is 40.6 Å². The zero-order valence-corrected chi connectivity index (χ0v) is 12.5. The molecule has 0 spiro atoms. The molecule has 0 amide bonds. The van der Waals surface area contributed by atoms with E-state index in [0.29, 0.717) is 6.04 Å². The average molecular weight is 268 g/mol. The van der Waals surface area contributed by atoms with Gasteiger partial charge in [0, 0.05) is 29.4 Å². The second kappa shape index (κ2) is 5.72. The molecule has 1 aliphatic carbocycles. The standard InChI is InChI=1S/C15H28N2S/c1-18-15-7-5-12(6-8-15)17-13-3-2-4-14(17)10-11(16)9-13/h11-15H,2-10,16H2,1H3. The van der Waals surface area contributed by atoms with Gasteiger partial charge in [-0.15, -0.1) is 0 Å². The number of hydrogen-bond acceptors (Lipinski definition) is 3. The molecule has 2 heterocycles. The maximum Gasteiger partial charge on any atom is 0.0116 e. The monoisotopic (exact) mass is 268 g/mol. The summed E-state index contributed by atoms with van der Waals surface area (Å²) in [5, 5.41) is 0.938. The third kappa shape index (κ3) is 2.59. The summed E-state index contributed by atoms with van der Waals surface area (Å²) in [4.78, 5) is 2.92. The van der Waals surface area contributed by atoms with Crippen LogP contribution in [0.3, 0.4) is 0 Å². The lowest BCUT2D eigenvalue weighted by atomic mass is 9.79. The van der Waals surface area contributed by atoms with E-state index < -0.39 is 0 Å². The Hall–Kier alpha value is 0.270. The van der Waals surface area contributed by atoms with Gasteiger partial charge >= 0.3 is 0 Å². The van der Waals surface area contributed by atoms with E-state index >= 15 is 0 Å². The Morgan fingerprint density at radius 3 is 2.06 bits per heavy atom. The van der Waals surface area contributed by atoms with Gasteiger partial charge in [-0.1, -0.05) is 6.42 Å². The van der Waals surface area contributed by atoms with Gasteiger partial charge in [-0.3, -0.25) is 4.90 Å². The van der Waals surface area contributed by atoms with Crippen molar-refractivity contribution in [3.63, 3.8) is 0 Å². The minimum atomic E-state index is 0.485. The van der Waals surface area contributed by atoms with Crippen molar-refractivity contribution in [2.75, 3.05) is 6.26 Å². The summed E-state index contributed by atoms with van der Waals surface area (Å²) in [6.07, 6.45) is 14.8. The molecule has 0 aromatic heterocycles. The summed E-state index contributed by atoms with van der Waals surface area (Å²) in [6, 6.07) is 3.02. The molecule has 2 nitrogen and oxygen atoms in total. The number of nitrogens with two attached hydrogens (primary N) is 1. The number of rotatable bonds is 2. The molecule has 0 aromatic rings. The van der Waals surface area contributed by atoms with Gasteiger partial charge in [-0.2, -0.15) is 11.8 Å². The molecule has 2 unspecified atom stereocenters. The van der Waals surface area contributed by atoms with E-state index in [1.807, 2.05) is 0 Å². The molecule has 2 N–H and O–H groups in total. The molecular weight excluding hydrogens is 240 g/mol. The van der Waals surface area contributed by atoms with Crippen molar-refractivity contribution in [1.82, 2.24) is 4.90 Å². The van der Waals surface area contributed by atoms with Crippen molar-refractivity contribution in [3.8, 4) is 0 Å². The highest BCUT2D eigenvalue weighted by Crippen LogP contribution is 2.39. The fourth-order valence-electron chi connectivity index (χ4n) is 4.64. The molecule has 104 valence electrons. The molecule has 3 fully saturated rings. The second-order valence-corrected chi connectivity index (χ2v) is 7.72. The van der Waals surface area contributed by atoms with E-state index in [1.54, 1.807) is 0 Å². The lowest BCUT2D eigenvalue weighted by Crippen LogP contribution is -2.59. The fraction of sp³-hybridized carbons (Fsp3) is 1.00. The number of piperidine rings is 2. The van der Waals surface area contributed by atoms with E-state index in [1.165, 1.54) is 57.8 Å². The molecule has 2 atom stereocenters. The van der Waals surface area contributed by atoms with E-state index in [-0.39, 0.29) is 0 Å². The molecule has 2 bridgehead atoms. The first-order valence-electron chi connectivity index (χ1n) is 7.83. The average Bonchev–Trinajstić information content (AvgIpc) is 2.38. The van der Waals surface area contributed by atoms with Crippen LogP contribution in [0.15, 0.2) is 0 Å². The highest BCUT2D eigenvalue weighted by atomic mass is 32.2. The largest absolute Gasteiger partial charge is 0.328 e. The van der Waals surface area contributed by atoms with E-state index in [0.717, 1.165) is 23.4 Å². The minimum absolute atomic E-state index is 0.485. The third-order valence-electron chi connectivity index (χ3n) is 5.47. The predicted octanol–water partition coefficient (Wildman–Crippen LogP) is 3.00. The SMILES string of the molecule is CSC1CCC(N2C3CCCC2CC(N)C3)CC1. The van der Waals surface area contributed by atoms with E-state index in [4.69, 9.17) is 5.73 Å². The zero-order valence-electron chi connectivity index (χ0n) is 11.7. The molecule has 0 aromatic carbocycles. The van der Waals surface area contributed by atoms with Crippen LogP contribution >= 0.6 is 11.8 Å². The Bertz CT molecular complexity index is 262. The van der Waals surface area contributed by atoms with Crippen LogP contribution in [0, 0.1) is 0 Å². The Kier molecular flexibility index (Phi) is 4.21. The summed E-state index contributed by atoms with van der Waals surface area (Å²) in [5.41, 5.74) is 6.23. The summed E-state index contributed by atoms with van der Waals surface area (Å²) < 4.78 is 0. The van der Waals surface area contributed by atoms with Crippen LogP contribution in [0.4, 0.5) is 0 Å². The quantitative estimate of drug-likeness (QED) is 0.835. The molecule has 1 saturated carbocycles. The maximum absolute atomic E-state index is 6.23. The summed E-state index contributed by atoms with van der Waals surface area (Å²) in [5.74, 6) is 0. The normalized spacial score (nSPS) is 46.0. The van der Waals surface area contributed by atoms with Crippen molar-refractivity contribution < 1.29 is 0 Å². The molecule has 3 aliphatic rings. The first kappa shape index (κ1) is 13.3. The molecule has 3 heteroatoms. The maximum atomic E-state index is 6.23. The Morgan fingerprint density at radius 2 is 1.50 bits per heavy atom. The lowest BCUT2D eigenvalue weighted by molar-refractivity contribution is -0.0165. The lowest BCUT2D eigenvalue weighted by Gasteiger charge is -2.53. The summed E-state index contributed by atoms with van der Waals surface area (Å²) in [7, 11) is 0. The summed E-state index contributed by atoms with van der Waals surface area (Å²) in [6.45, 7) is 0. The van der Waals surface area contributed by atoms with E-state index in [9.17, 15) is 0 Å². The van der Waals surface area contributed by atoms with Gasteiger partial charge < -0.3 is 5.73 Å². The van der Waals surface area contributed by atoms with Crippen LogP contribution in [-0.2, 0) is 0 Å². The summed E-state index contributed by atoms with van der Waals surface area (Å²) >= 11 is 2.08. The number of thioether (sulfide) groups is 1. The van der Waals surface area contributed by atoms with Crippen LogP contribution in [0.2, 0.25) is 0 Å². The highest BCUT2D eigenvalue weighted by molar-refractivity contribution is 7.99. The van der Waals surface area contributed by atoms with Gasteiger partial charge in [0.2, 0.25) is 0 Å². The van der Waals surface area contributed by atoms with Crippen LogP contribution < -0.4 is 5.73 Å². The van der Waals surface area contributed by atoms with Gasteiger partial charge in [0.05, 0.1) is 0 Å². The number of hydrogen-bond donors (Lipinski definition) is 1. The van der Waals surface area contributed by atoms with Crippen LogP contribution in [0.1, 0.15) is 57.8 Å². The van der Waals surface area contributed by atoms with Gasteiger partial charge in [0.1, 0.15) is 0 Å². The number of fused-ring (bicyclic) bond motifs is 2. The first-order valence-corrected chi connectivity index (χ1v) is 9.12. The van der Waals surface area contributed by atoms with Gasteiger partial charge in [0.15, 0.2) is 0 Å². The van der Waals surface area contributed by atoms with Crippen molar-refractivity contribution >= 4 is 11.8 Å². The van der Waals surface area contributed by atoms with Crippen molar-refractivity contribution in [2.24, 2.45) is 5.73 Å². The second-order valence-electron chi connectivity index (χ2n) is 6.58. The smallest absolute Gasteiger partial charge is 0.0116 e. The van der Waals surface area contributed by atoms with Gasteiger partial charge in [-0.25, -0.2) is 0 Å². The topological polar surface area (TPSA) is 29.3 Å². The minimum Gasteiger partial charge on any atom is -0.328 e. The fourth-order valence-corrected chi connectivity index (χ4v) is 5.38. The molecule has 18 heavy (non-hydrogen) atoms. The first-order chi connectivity index (χ1) is 8.78. The van der Waals surface area contributed by atoms with Crippen molar-refractivity contribution in [2.45, 2.75) is 87.2 Å². The Morgan fingerprint density at radius 1 is 0.889 bits per heavy atom. The zero-order chi connectivity index (χ0) is 12.5. The van der Waals surface area contributed by atoms with Crippen LogP contribution in [0.25, 0.3) is 0 Å². The van der Waals surface area contributed by atoms with Gasteiger partial charge in [-0.05, 0) is 57.6 Å². The predicted molar refractivity (Wildman–Crippen MR) is 80.0 cm³/mol. The van der Waals surface area contributed by atoms with Crippen molar-refractivity contribution in [3.05, 3.63) is 0 Å². The molecule has 2 aliphatic heterocycles. The molecule has 3 rings (SSSR count). The molecular formula is C15H28N2S. The number of nitrogens with zero attached hydrogens (tertiary/aromatic N) is 1. The third-order valence-corrected chi connectivity index (χ3v) is 6.60. The molecule has 2 saturated heterocycles. The Balaban J connectivity index is 1.65. The van der Waals surface area contributed by atoms with E-state index in [2.05, 4.69) is 22.9 Å². The van der Waals surface area contributed by atoms with Crippen LogP contribution in [0.5, 0.6) is 0 Å². The van der Waals surface area contributed by atoms with Gasteiger partial charge in [0.25, 0.3) is 0 Å². The van der Waals surface area contributed by atoms with Crippen molar-refractivity contribution in [1.29, 1.82) is 0 Å². The molecule has 0 radical (unpaired) electrons. The highest BCUT2D eigenvalue weighted by Gasteiger charge is 2.41.